The van der Waals surface area contributed by atoms with Gasteiger partial charge in [-0.1, -0.05) is 32.6 Å². The minimum atomic E-state index is 0.613. The Labute approximate surface area is 125 Å². The summed E-state index contributed by atoms with van der Waals surface area (Å²) in [5.74, 6) is 1.05. The number of fused-ring (bicyclic) bond motifs is 1. The van der Waals surface area contributed by atoms with Crippen molar-refractivity contribution in [2.75, 3.05) is 26.2 Å². The molecular formula is C18H34N2. The molecule has 3 rings (SSSR count). The molecule has 2 aliphatic carbocycles. The van der Waals surface area contributed by atoms with Gasteiger partial charge >= 0.3 is 0 Å². The van der Waals surface area contributed by atoms with Crippen LogP contribution in [0.1, 0.15) is 71.1 Å². The molecule has 1 aliphatic heterocycles. The Hall–Kier alpha value is -0.0800. The molecule has 0 spiro atoms. The van der Waals surface area contributed by atoms with Gasteiger partial charge < -0.3 is 5.32 Å². The lowest BCUT2D eigenvalue weighted by Gasteiger charge is -2.39. The predicted octanol–water partition coefficient (Wildman–Crippen LogP) is 3.81. The van der Waals surface area contributed by atoms with Crippen molar-refractivity contribution in [2.45, 2.75) is 77.2 Å². The molecule has 1 N–H and O–H groups in total. The van der Waals surface area contributed by atoms with Crippen molar-refractivity contribution in [1.82, 2.24) is 10.2 Å². The van der Waals surface area contributed by atoms with Crippen LogP contribution in [0, 0.1) is 11.3 Å². The van der Waals surface area contributed by atoms with Crippen molar-refractivity contribution in [3.8, 4) is 0 Å². The van der Waals surface area contributed by atoms with Crippen molar-refractivity contribution < 1.29 is 0 Å². The van der Waals surface area contributed by atoms with E-state index in [9.17, 15) is 0 Å². The Morgan fingerprint density at radius 3 is 2.65 bits per heavy atom. The average molecular weight is 278 g/mol. The molecule has 0 aromatic rings. The van der Waals surface area contributed by atoms with Gasteiger partial charge in [-0.05, 0) is 62.9 Å². The zero-order valence-corrected chi connectivity index (χ0v) is 13.5. The fraction of sp³-hybridized carbons (Fsp3) is 1.00. The molecule has 1 saturated heterocycles. The van der Waals surface area contributed by atoms with E-state index >= 15 is 0 Å². The largest absolute Gasteiger partial charge is 0.316 e. The molecule has 2 unspecified atom stereocenters. The van der Waals surface area contributed by atoms with Gasteiger partial charge in [0.25, 0.3) is 0 Å². The van der Waals surface area contributed by atoms with Gasteiger partial charge in [0.15, 0.2) is 0 Å². The quantitative estimate of drug-likeness (QED) is 0.743. The van der Waals surface area contributed by atoms with Crippen LogP contribution in [0.25, 0.3) is 0 Å². The number of rotatable bonds is 6. The second-order valence-corrected chi connectivity index (χ2v) is 7.75. The highest BCUT2D eigenvalue weighted by molar-refractivity contribution is 4.96. The highest BCUT2D eigenvalue weighted by Crippen LogP contribution is 2.42. The molecule has 3 fully saturated rings. The number of hydrogen-bond donors (Lipinski definition) is 1. The van der Waals surface area contributed by atoms with E-state index in [2.05, 4.69) is 17.1 Å². The van der Waals surface area contributed by atoms with E-state index < -0.39 is 0 Å². The first-order valence-electron chi connectivity index (χ1n) is 9.28. The third-order valence-corrected chi connectivity index (χ3v) is 6.25. The molecule has 3 aliphatic rings. The maximum Gasteiger partial charge on any atom is 0.0124 e. The van der Waals surface area contributed by atoms with Crippen molar-refractivity contribution >= 4 is 0 Å². The number of hydrogen-bond acceptors (Lipinski definition) is 2. The van der Waals surface area contributed by atoms with Crippen LogP contribution in [-0.4, -0.2) is 37.1 Å². The van der Waals surface area contributed by atoms with E-state index in [1.807, 2.05) is 0 Å². The van der Waals surface area contributed by atoms with Gasteiger partial charge in [-0.2, -0.15) is 0 Å². The van der Waals surface area contributed by atoms with Crippen LogP contribution >= 0.6 is 0 Å². The maximum absolute atomic E-state index is 3.74. The van der Waals surface area contributed by atoms with Crippen molar-refractivity contribution in [3.63, 3.8) is 0 Å². The normalized spacial score (nSPS) is 33.5. The summed E-state index contributed by atoms with van der Waals surface area (Å²) in [7, 11) is 0. The molecule has 0 radical (unpaired) electrons. The lowest BCUT2D eigenvalue weighted by atomic mass is 9.82. The highest BCUT2D eigenvalue weighted by Gasteiger charge is 2.41. The second-order valence-electron chi connectivity index (χ2n) is 7.75. The Bertz CT molecular complexity index is 296. The standard InChI is InChI=1S/C18H34N2/c1-2-12-19-14-18(10-5-6-11-18)15-20-13-9-16-7-3-4-8-17(16)20/h16-17,19H,2-15H2,1H3. The van der Waals surface area contributed by atoms with Crippen LogP contribution in [0.5, 0.6) is 0 Å². The van der Waals surface area contributed by atoms with Crippen LogP contribution in [0.2, 0.25) is 0 Å². The van der Waals surface area contributed by atoms with E-state index in [1.165, 1.54) is 90.4 Å². The Kier molecular flexibility index (Phi) is 5.04. The van der Waals surface area contributed by atoms with Crippen LogP contribution in [-0.2, 0) is 0 Å². The molecule has 0 aromatic heterocycles. The van der Waals surface area contributed by atoms with Crippen LogP contribution < -0.4 is 5.32 Å². The van der Waals surface area contributed by atoms with Gasteiger partial charge in [0.05, 0.1) is 0 Å². The van der Waals surface area contributed by atoms with Gasteiger partial charge in [-0.3, -0.25) is 4.90 Å². The molecule has 2 nitrogen and oxygen atoms in total. The molecular weight excluding hydrogens is 244 g/mol. The van der Waals surface area contributed by atoms with Gasteiger partial charge in [0, 0.05) is 19.1 Å². The van der Waals surface area contributed by atoms with Gasteiger partial charge in [-0.15, -0.1) is 0 Å². The van der Waals surface area contributed by atoms with Gasteiger partial charge in [-0.25, -0.2) is 0 Å². The topological polar surface area (TPSA) is 15.3 Å². The second kappa shape index (κ2) is 6.79. The van der Waals surface area contributed by atoms with Crippen molar-refractivity contribution in [3.05, 3.63) is 0 Å². The zero-order valence-electron chi connectivity index (χ0n) is 13.5. The van der Waals surface area contributed by atoms with E-state index in [0.29, 0.717) is 5.41 Å². The monoisotopic (exact) mass is 278 g/mol. The third-order valence-electron chi connectivity index (χ3n) is 6.25. The summed E-state index contributed by atoms with van der Waals surface area (Å²) >= 11 is 0. The minimum Gasteiger partial charge on any atom is -0.316 e. The number of likely N-dealkylation sites (tertiary alicyclic amines) is 1. The van der Waals surface area contributed by atoms with E-state index in [4.69, 9.17) is 0 Å². The average Bonchev–Trinajstić information content (AvgIpc) is 3.08. The third kappa shape index (κ3) is 3.22. The summed E-state index contributed by atoms with van der Waals surface area (Å²) in [6.07, 6.45) is 14.6. The van der Waals surface area contributed by atoms with Crippen molar-refractivity contribution in [1.29, 1.82) is 0 Å². The van der Waals surface area contributed by atoms with Gasteiger partial charge in [0.1, 0.15) is 0 Å². The molecule has 2 atom stereocenters. The fourth-order valence-electron chi connectivity index (χ4n) is 5.18. The molecule has 2 heteroatoms. The first kappa shape index (κ1) is 14.8. The van der Waals surface area contributed by atoms with E-state index in [-0.39, 0.29) is 0 Å². The fourth-order valence-corrected chi connectivity index (χ4v) is 5.18. The first-order valence-corrected chi connectivity index (χ1v) is 9.28. The number of nitrogens with zero attached hydrogens (tertiary/aromatic N) is 1. The minimum absolute atomic E-state index is 0.613. The Balaban J connectivity index is 1.58. The van der Waals surface area contributed by atoms with Crippen molar-refractivity contribution in [2.24, 2.45) is 11.3 Å². The number of nitrogens with one attached hydrogen (secondary N) is 1. The lowest BCUT2D eigenvalue weighted by Crippen LogP contribution is -2.45. The predicted molar refractivity (Wildman–Crippen MR) is 86.0 cm³/mol. The SMILES string of the molecule is CCCNCC1(CN2CCC3CCCCC32)CCCC1. The zero-order chi connectivity index (χ0) is 13.8. The lowest BCUT2D eigenvalue weighted by molar-refractivity contribution is 0.110. The highest BCUT2D eigenvalue weighted by atomic mass is 15.2. The molecule has 0 aromatic carbocycles. The van der Waals surface area contributed by atoms with Crippen LogP contribution in [0.15, 0.2) is 0 Å². The summed E-state index contributed by atoms with van der Waals surface area (Å²) in [4.78, 5) is 2.91. The Morgan fingerprint density at radius 2 is 1.85 bits per heavy atom. The van der Waals surface area contributed by atoms with Crippen LogP contribution in [0.3, 0.4) is 0 Å². The van der Waals surface area contributed by atoms with E-state index in [1.54, 1.807) is 0 Å². The summed E-state index contributed by atoms with van der Waals surface area (Å²) in [6, 6.07) is 0.951. The summed E-state index contributed by atoms with van der Waals surface area (Å²) in [5, 5.41) is 3.74. The Morgan fingerprint density at radius 1 is 1.05 bits per heavy atom. The molecule has 0 amide bonds. The first-order chi connectivity index (χ1) is 9.83. The molecule has 1 heterocycles. The van der Waals surface area contributed by atoms with Crippen LogP contribution in [0.4, 0.5) is 0 Å². The summed E-state index contributed by atoms with van der Waals surface area (Å²) in [6.45, 7) is 7.54. The summed E-state index contributed by atoms with van der Waals surface area (Å²) < 4.78 is 0. The molecule has 20 heavy (non-hydrogen) atoms. The molecule has 116 valence electrons. The smallest absolute Gasteiger partial charge is 0.0124 e. The summed E-state index contributed by atoms with van der Waals surface area (Å²) in [5.41, 5.74) is 0.613. The van der Waals surface area contributed by atoms with Gasteiger partial charge in [0.2, 0.25) is 0 Å². The van der Waals surface area contributed by atoms with E-state index in [0.717, 1.165) is 12.0 Å². The maximum atomic E-state index is 3.74. The molecule has 2 saturated carbocycles. The molecule has 0 bridgehead atoms.